The largest absolute Gasteiger partial charge is 0.494 e. The maximum atomic E-state index is 12.2. The van der Waals surface area contributed by atoms with E-state index in [2.05, 4.69) is 11.5 Å². The Labute approximate surface area is 149 Å². The Kier molecular flexibility index (Phi) is 6.17. The van der Waals surface area contributed by atoms with Gasteiger partial charge in [-0.05, 0) is 26.2 Å². The van der Waals surface area contributed by atoms with Crippen molar-refractivity contribution in [3.05, 3.63) is 23.8 Å². The van der Waals surface area contributed by atoms with E-state index in [1.54, 1.807) is 27.4 Å². The van der Waals surface area contributed by atoms with Gasteiger partial charge in [-0.15, -0.1) is 6.58 Å². The molecule has 138 valence electrons. The summed E-state index contributed by atoms with van der Waals surface area (Å²) in [5, 5.41) is 0. The summed E-state index contributed by atoms with van der Waals surface area (Å²) in [5.41, 5.74) is 2.58. The molecule has 0 spiro atoms. The molecule has 1 heterocycles. The Bertz CT molecular complexity index is 656. The summed E-state index contributed by atoms with van der Waals surface area (Å²) in [5.74, 6) is 1.72. The van der Waals surface area contributed by atoms with Gasteiger partial charge in [0, 0.05) is 17.7 Å². The maximum Gasteiger partial charge on any atom is 0.328 e. The third kappa shape index (κ3) is 3.25. The first-order valence-electron chi connectivity index (χ1n) is 8.32. The topological polar surface area (TPSA) is 57.2 Å². The Hall–Kier alpha value is -2.37. The van der Waals surface area contributed by atoms with E-state index >= 15 is 0 Å². The highest BCUT2D eigenvalue weighted by molar-refractivity contribution is 5.85. The second-order valence-electron chi connectivity index (χ2n) is 5.92. The van der Waals surface area contributed by atoms with Crippen LogP contribution in [0.4, 0.5) is 5.69 Å². The average Bonchev–Trinajstić information content (AvgIpc) is 3.10. The molecule has 1 aromatic carbocycles. The molecule has 1 fully saturated rings. The van der Waals surface area contributed by atoms with Gasteiger partial charge in [0.05, 0.1) is 34.1 Å². The van der Waals surface area contributed by atoms with Crippen molar-refractivity contribution in [2.45, 2.75) is 32.2 Å². The van der Waals surface area contributed by atoms with E-state index in [1.807, 2.05) is 6.92 Å². The average molecular weight is 349 g/mol. The van der Waals surface area contributed by atoms with Crippen LogP contribution in [0.2, 0.25) is 0 Å². The van der Waals surface area contributed by atoms with Crippen LogP contribution >= 0.6 is 0 Å². The molecule has 0 amide bonds. The van der Waals surface area contributed by atoms with Crippen molar-refractivity contribution in [2.24, 2.45) is 0 Å². The van der Waals surface area contributed by atoms with Crippen molar-refractivity contribution in [3.8, 4) is 17.2 Å². The van der Waals surface area contributed by atoms with Crippen molar-refractivity contribution >= 4 is 11.7 Å². The van der Waals surface area contributed by atoms with E-state index in [4.69, 9.17) is 18.9 Å². The maximum absolute atomic E-state index is 12.2. The number of hydrogen-bond donors (Lipinski definition) is 0. The minimum atomic E-state index is -0.333. The van der Waals surface area contributed by atoms with Gasteiger partial charge in [0.2, 0.25) is 0 Å². The molecule has 25 heavy (non-hydrogen) atoms. The van der Waals surface area contributed by atoms with Crippen molar-refractivity contribution in [2.75, 3.05) is 39.9 Å². The van der Waals surface area contributed by atoms with E-state index < -0.39 is 0 Å². The Morgan fingerprint density at radius 3 is 2.32 bits per heavy atom. The fraction of sp³-hybridized carbons (Fsp3) is 0.526. The summed E-state index contributed by atoms with van der Waals surface area (Å²) in [4.78, 5) is 14.3. The van der Waals surface area contributed by atoms with Crippen LogP contribution in [0.25, 0.3) is 0 Å². The highest BCUT2D eigenvalue weighted by Crippen LogP contribution is 2.50. The Morgan fingerprint density at radius 2 is 1.80 bits per heavy atom. The van der Waals surface area contributed by atoms with Crippen LogP contribution in [0.3, 0.4) is 0 Å². The number of allylic oxidation sites excluding steroid dienone is 1. The van der Waals surface area contributed by atoms with E-state index in [0.717, 1.165) is 36.2 Å². The summed E-state index contributed by atoms with van der Waals surface area (Å²) in [6.07, 6.45) is 4.02. The lowest BCUT2D eigenvalue weighted by Gasteiger charge is -2.31. The third-order valence-electron chi connectivity index (χ3n) is 4.64. The molecule has 0 saturated carbocycles. The van der Waals surface area contributed by atoms with E-state index in [9.17, 15) is 4.79 Å². The van der Waals surface area contributed by atoms with Crippen molar-refractivity contribution in [1.29, 1.82) is 0 Å². The molecular formula is C19H27NO5. The molecule has 1 aliphatic rings. The van der Waals surface area contributed by atoms with Crippen LogP contribution in [-0.2, 0) is 16.0 Å². The van der Waals surface area contributed by atoms with E-state index in [0.29, 0.717) is 23.7 Å². The molecule has 6 heteroatoms. The van der Waals surface area contributed by atoms with Gasteiger partial charge in [-0.1, -0.05) is 6.08 Å². The lowest BCUT2D eigenvalue weighted by atomic mass is 10.00. The molecule has 6 nitrogen and oxygen atoms in total. The number of rotatable bonds is 7. The van der Waals surface area contributed by atoms with Crippen LogP contribution in [-0.4, -0.2) is 47.0 Å². The molecule has 1 aromatic rings. The molecule has 0 radical (unpaired) electrons. The summed E-state index contributed by atoms with van der Waals surface area (Å²) < 4.78 is 21.9. The first-order chi connectivity index (χ1) is 12.0. The molecule has 0 aliphatic carbocycles. The van der Waals surface area contributed by atoms with Crippen LogP contribution in [0.1, 0.15) is 24.0 Å². The van der Waals surface area contributed by atoms with Gasteiger partial charge < -0.3 is 23.8 Å². The standard InChI is InChI=1S/C19H27NO5/c1-7-9-13-15(20-11-8-10-14(20)19(21)25-6)16(22-3)12(2)17(23-4)18(13)24-5/h7,14H,1,8-11H2,2-6H3. The fourth-order valence-corrected chi connectivity index (χ4v) is 3.60. The molecule has 1 unspecified atom stereocenters. The normalized spacial score (nSPS) is 16.5. The number of carbonyl (C=O) groups excluding carboxylic acids is 1. The fourth-order valence-electron chi connectivity index (χ4n) is 3.60. The van der Waals surface area contributed by atoms with E-state index in [-0.39, 0.29) is 12.0 Å². The molecule has 2 rings (SSSR count). The molecule has 1 saturated heterocycles. The van der Waals surface area contributed by atoms with Crippen LogP contribution in [0.15, 0.2) is 12.7 Å². The third-order valence-corrected chi connectivity index (χ3v) is 4.64. The van der Waals surface area contributed by atoms with Gasteiger partial charge in [0.1, 0.15) is 11.8 Å². The van der Waals surface area contributed by atoms with Crippen molar-refractivity contribution < 1.29 is 23.7 Å². The van der Waals surface area contributed by atoms with Gasteiger partial charge in [-0.3, -0.25) is 0 Å². The minimum absolute atomic E-state index is 0.239. The highest BCUT2D eigenvalue weighted by Gasteiger charge is 2.37. The minimum Gasteiger partial charge on any atom is -0.494 e. The monoisotopic (exact) mass is 349 g/mol. The predicted molar refractivity (Wildman–Crippen MR) is 97.1 cm³/mol. The Balaban J connectivity index is 2.75. The van der Waals surface area contributed by atoms with Crippen molar-refractivity contribution in [1.82, 2.24) is 0 Å². The van der Waals surface area contributed by atoms with Gasteiger partial charge >= 0.3 is 5.97 Å². The SMILES string of the molecule is C=CCc1c(OC)c(OC)c(C)c(OC)c1N1CCCC1C(=O)OC. The Morgan fingerprint density at radius 1 is 1.16 bits per heavy atom. The summed E-state index contributed by atoms with van der Waals surface area (Å²) in [7, 11) is 6.26. The number of benzene rings is 1. The van der Waals surface area contributed by atoms with Crippen LogP contribution < -0.4 is 19.1 Å². The number of nitrogens with zero attached hydrogens (tertiary/aromatic N) is 1. The first kappa shape index (κ1) is 19.0. The van der Waals surface area contributed by atoms with Crippen molar-refractivity contribution in [3.63, 3.8) is 0 Å². The lowest BCUT2D eigenvalue weighted by Crippen LogP contribution is -2.37. The zero-order chi connectivity index (χ0) is 18.6. The zero-order valence-corrected chi connectivity index (χ0v) is 15.7. The predicted octanol–water partition coefficient (Wildman–Crippen LogP) is 2.89. The van der Waals surface area contributed by atoms with Gasteiger partial charge in [-0.25, -0.2) is 4.79 Å². The van der Waals surface area contributed by atoms with Gasteiger partial charge in [0.25, 0.3) is 0 Å². The molecule has 0 N–H and O–H groups in total. The van der Waals surface area contributed by atoms with Gasteiger partial charge in [-0.2, -0.15) is 0 Å². The van der Waals surface area contributed by atoms with Crippen LogP contribution in [0, 0.1) is 6.92 Å². The highest BCUT2D eigenvalue weighted by atomic mass is 16.5. The molecule has 1 aliphatic heterocycles. The summed E-state index contributed by atoms with van der Waals surface area (Å²) >= 11 is 0. The first-order valence-corrected chi connectivity index (χ1v) is 8.32. The second-order valence-corrected chi connectivity index (χ2v) is 5.92. The molecule has 0 bridgehead atoms. The summed E-state index contributed by atoms with van der Waals surface area (Å²) in [6.45, 7) is 6.52. The lowest BCUT2D eigenvalue weighted by molar-refractivity contribution is -0.141. The van der Waals surface area contributed by atoms with Crippen LogP contribution in [0.5, 0.6) is 17.2 Å². The molecule has 1 atom stereocenters. The molecule has 0 aromatic heterocycles. The summed E-state index contributed by atoms with van der Waals surface area (Å²) in [6, 6.07) is -0.333. The smallest absolute Gasteiger partial charge is 0.328 e. The molecular weight excluding hydrogens is 322 g/mol. The number of methoxy groups -OCH3 is 4. The van der Waals surface area contributed by atoms with E-state index in [1.165, 1.54) is 7.11 Å². The number of carbonyl (C=O) groups is 1. The quantitative estimate of drug-likeness (QED) is 0.557. The number of anilines is 1. The van der Waals surface area contributed by atoms with Gasteiger partial charge in [0.15, 0.2) is 11.5 Å². The second kappa shape index (κ2) is 8.14. The number of ether oxygens (including phenoxy) is 4. The number of esters is 1. The zero-order valence-electron chi connectivity index (χ0n) is 15.7. The number of hydrogen-bond acceptors (Lipinski definition) is 6.